The Kier molecular flexibility index (Phi) is 5.12. The van der Waals surface area contributed by atoms with Gasteiger partial charge in [0.05, 0.1) is 0 Å². The van der Waals surface area contributed by atoms with Gasteiger partial charge < -0.3 is 10.2 Å². The standard InChI is InChI=1S/C16H25ClN2/c1-4-7-18-9-14-5-6-15(8-16(14)17)19-10-12(2)13(3)11-19/h5-6,8,12-13,18H,4,7,9-11H2,1-3H3. The van der Waals surface area contributed by atoms with E-state index in [1.165, 1.54) is 11.3 Å². The van der Waals surface area contributed by atoms with Crippen LogP contribution in [0.3, 0.4) is 0 Å². The largest absolute Gasteiger partial charge is 0.371 e. The van der Waals surface area contributed by atoms with Crippen molar-refractivity contribution >= 4 is 17.3 Å². The second-order valence-electron chi connectivity index (χ2n) is 5.81. The zero-order valence-electron chi connectivity index (χ0n) is 12.2. The van der Waals surface area contributed by atoms with E-state index in [-0.39, 0.29) is 0 Å². The molecule has 1 aromatic rings. The molecular formula is C16H25ClN2. The molecule has 1 N–H and O–H groups in total. The minimum absolute atomic E-state index is 0.768. The Hall–Kier alpha value is -0.730. The summed E-state index contributed by atoms with van der Waals surface area (Å²) in [6.45, 7) is 11.0. The molecule has 3 heteroatoms. The summed E-state index contributed by atoms with van der Waals surface area (Å²) < 4.78 is 0. The third-order valence-electron chi connectivity index (χ3n) is 4.13. The van der Waals surface area contributed by atoms with Crippen LogP contribution in [-0.2, 0) is 6.54 Å². The van der Waals surface area contributed by atoms with Crippen LogP contribution in [0.5, 0.6) is 0 Å². The third kappa shape index (κ3) is 3.64. The molecule has 1 aromatic carbocycles. The summed E-state index contributed by atoms with van der Waals surface area (Å²) in [5, 5.41) is 4.28. The molecule has 0 aromatic heterocycles. The van der Waals surface area contributed by atoms with Crippen molar-refractivity contribution in [2.24, 2.45) is 11.8 Å². The van der Waals surface area contributed by atoms with Crippen LogP contribution in [-0.4, -0.2) is 19.6 Å². The molecule has 1 fully saturated rings. The zero-order chi connectivity index (χ0) is 13.8. The van der Waals surface area contributed by atoms with Crippen molar-refractivity contribution < 1.29 is 0 Å². The van der Waals surface area contributed by atoms with E-state index in [0.717, 1.165) is 49.5 Å². The number of hydrogen-bond donors (Lipinski definition) is 1. The summed E-state index contributed by atoms with van der Waals surface area (Å²) in [6, 6.07) is 6.49. The van der Waals surface area contributed by atoms with Crippen molar-refractivity contribution in [2.75, 3.05) is 24.5 Å². The summed E-state index contributed by atoms with van der Waals surface area (Å²) >= 11 is 6.39. The molecule has 0 saturated carbocycles. The second kappa shape index (κ2) is 6.62. The van der Waals surface area contributed by atoms with Gasteiger partial charge in [0.1, 0.15) is 0 Å². The molecule has 0 spiro atoms. The Morgan fingerprint density at radius 1 is 1.26 bits per heavy atom. The molecule has 0 radical (unpaired) electrons. The van der Waals surface area contributed by atoms with Crippen LogP contribution in [0.2, 0.25) is 5.02 Å². The van der Waals surface area contributed by atoms with Crippen LogP contribution in [0.4, 0.5) is 5.69 Å². The van der Waals surface area contributed by atoms with Gasteiger partial charge in [-0.25, -0.2) is 0 Å². The maximum absolute atomic E-state index is 6.39. The lowest BCUT2D eigenvalue weighted by Gasteiger charge is -2.19. The minimum atomic E-state index is 0.768. The van der Waals surface area contributed by atoms with Crippen LogP contribution in [0, 0.1) is 11.8 Å². The van der Waals surface area contributed by atoms with E-state index in [2.05, 4.69) is 49.2 Å². The fourth-order valence-electron chi connectivity index (χ4n) is 2.62. The second-order valence-corrected chi connectivity index (χ2v) is 6.22. The van der Waals surface area contributed by atoms with Gasteiger partial charge >= 0.3 is 0 Å². The van der Waals surface area contributed by atoms with Crippen LogP contribution < -0.4 is 10.2 Å². The summed E-state index contributed by atoms with van der Waals surface area (Å²) in [7, 11) is 0. The molecule has 2 nitrogen and oxygen atoms in total. The van der Waals surface area contributed by atoms with E-state index >= 15 is 0 Å². The summed E-state index contributed by atoms with van der Waals surface area (Å²) in [4.78, 5) is 2.45. The number of rotatable bonds is 5. The van der Waals surface area contributed by atoms with Gasteiger partial charge in [0.25, 0.3) is 0 Å². The summed E-state index contributed by atoms with van der Waals surface area (Å²) in [5.41, 5.74) is 2.46. The first kappa shape index (κ1) is 14.7. The van der Waals surface area contributed by atoms with E-state index in [0.29, 0.717) is 0 Å². The smallest absolute Gasteiger partial charge is 0.0471 e. The normalized spacial score (nSPS) is 23.1. The Morgan fingerprint density at radius 2 is 1.95 bits per heavy atom. The highest BCUT2D eigenvalue weighted by molar-refractivity contribution is 6.31. The number of hydrogen-bond acceptors (Lipinski definition) is 2. The molecule has 0 amide bonds. The lowest BCUT2D eigenvalue weighted by molar-refractivity contribution is 0.494. The van der Waals surface area contributed by atoms with E-state index in [4.69, 9.17) is 11.6 Å². The number of nitrogens with zero attached hydrogens (tertiary/aromatic N) is 1. The predicted molar refractivity (Wildman–Crippen MR) is 84.0 cm³/mol. The van der Waals surface area contributed by atoms with Gasteiger partial charge in [-0.3, -0.25) is 0 Å². The monoisotopic (exact) mass is 280 g/mol. The number of nitrogens with one attached hydrogen (secondary N) is 1. The first-order chi connectivity index (χ1) is 9.11. The Bertz CT molecular complexity index is 409. The third-order valence-corrected chi connectivity index (χ3v) is 4.48. The molecule has 0 aliphatic carbocycles. The number of benzene rings is 1. The van der Waals surface area contributed by atoms with Crippen molar-refractivity contribution in [1.82, 2.24) is 5.32 Å². The molecule has 1 heterocycles. The van der Waals surface area contributed by atoms with Crippen LogP contribution in [0.15, 0.2) is 18.2 Å². The topological polar surface area (TPSA) is 15.3 Å². The molecule has 2 atom stereocenters. The molecule has 106 valence electrons. The van der Waals surface area contributed by atoms with Crippen molar-refractivity contribution in [1.29, 1.82) is 0 Å². The predicted octanol–water partition coefficient (Wildman–Crippen LogP) is 3.93. The Morgan fingerprint density at radius 3 is 2.53 bits per heavy atom. The average molecular weight is 281 g/mol. The molecule has 19 heavy (non-hydrogen) atoms. The van der Waals surface area contributed by atoms with Gasteiger partial charge in [0.15, 0.2) is 0 Å². The summed E-state index contributed by atoms with van der Waals surface area (Å²) in [6.07, 6.45) is 1.15. The highest BCUT2D eigenvalue weighted by Gasteiger charge is 2.26. The lowest BCUT2D eigenvalue weighted by Crippen LogP contribution is -2.20. The van der Waals surface area contributed by atoms with E-state index < -0.39 is 0 Å². The number of anilines is 1. The van der Waals surface area contributed by atoms with Gasteiger partial charge in [-0.05, 0) is 42.5 Å². The van der Waals surface area contributed by atoms with Gasteiger partial charge in [-0.15, -0.1) is 0 Å². The van der Waals surface area contributed by atoms with Crippen molar-refractivity contribution in [3.8, 4) is 0 Å². The van der Waals surface area contributed by atoms with Crippen LogP contribution >= 0.6 is 11.6 Å². The van der Waals surface area contributed by atoms with E-state index in [1.807, 2.05) is 0 Å². The van der Waals surface area contributed by atoms with Crippen molar-refractivity contribution in [2.45, 2.75) is 33.7 Å². The zero-order valence-corrected chi connectivity index (χ0v) is 13.0. The quantitative estimate of drug-likeness (QED) is 0.822. The van der Waals surface area contributed by atoms with Crippen LogP contribution in [0.25, 0.3) is 0 Å². The molecule has 0 bridgehead atoms. The molecule has 2 rings (SSSR count). The van der Waals surface area contributed by atoms with Gasteiger partial charge in [0.2, 0.25) is 0 Å². The first-order valence-electron chi connectivity index (χ1n) is 7.36. The summed E-state index contributed by atoms with van der Waals surface area (Å²) in [5.74, 6) is 1.54. The Labute approximate surface area is 122 Å². The van der Waals surface area contributed by atoms with Gasteiger partial charge in [-0.1, -0.05) is 38.4 Å². The van der Waals surface area contributed by atoms with Crippen molar-refractivity contribution in [3.05, 3.63) is 28.8 Å². The highest BCUT2D eigenvalue weighted by atomic mass is 35.5. The minimum Gasteiger partial charge on any atom is -0.371 e. The molecule has 1 aliphatic rings. The fourth-order valence-corrected chi connectivity index (χ4v) is 2.86. The fraction of sp³-hybridized carbons (Fsp3) is 0.625. The first-order valence-corrected chi connectivity index (χ1v) is 7.73. The van der Waals surface area contributed by atoms with Crippen molar-refractivity contribution in [3.63, 3.8) is 0 Å². The molecule has 2 unspecified atom stereocenters. The SMILES string of the molecule is CCCNCc1ccc(N2CC(C)C(C)C2)cc1Cl. The number of halogens is 1. The van der Waals surface area contributed by atoms with Gasteiger partial charge in [-0.2, -0.15) is 0 Å². The Balaban J connectivity index is 2.02. The highest BCUT2D eigenvalue weighted by Crippen LogP contribution is 2.30. The van der Waals surface area contributed by atoms with E-state index in [1.54, 1.807) is 0 Å². The van der Waals surface area contributed by atoms with Gasteiger partial charge in [0, 0.05) is 30.3 Å². The van der Waals surface area contributed by atoms with Crippen LogP contribution in [0.1, 0.15) is 32.8 Å². The molecular weight excluding hydrogens is 256 g/mol. The maximum Gasteiger partial charge on any atom is 0.0471 e. The van der Waals surface area contributed by atoms with E-state index in [9.17, 15) is 0 Å². The molecule has 1 saturated heterocycles. The maximum atomic E-state index is 6.39. The molecule has 1 aliphatic heterocycles. The average Bonchev–Trinajstić information content (AvgIpc) is 2.72. The lowest BCUT2D eigenvalue weighted by atomic mass is 10.0.